The number of amides is 1. The summed E-state index contributed by atoms with van der Waals surface area (Å²) in [6.07, 6.45) is 3.05. The molecule has 0 atom stereocenters. The molecule has 1 aliphatic carbocycles. The first-order valence-electron chi connectivity index (χ1n) is 10.1. The molecule has 0 radical (unpaired) electrons. The number of ether oxygens (including phenoxy) is 2. The van der Waals surface area contributed by atoms with Gasteiger partial charge in [0.15, 0.2) is 12.4 Å². The van der Waals surface area contributed by atoms with Gasteiger partial charge in [-0.2, -0.15) is 0 Å². The Morgan fingerprint density at radius 1 is 1.06 bits per heavy atom. The summed E-state index contributed by atoms with van der Waals surface area (Å²) in [6, 6.07) is 5.69. The van der Waals surface area contributed by atoms with Crippen molar-refractivity contribution in [1.82, 2.24) is 0 Å². The fraction of sp³-hybridized carbons (Fsp3) is 0.391. The first-order valence-corrected chi connectivity index (χ1v) is 10.9. The summed E-state index contributed by atoms with van der Waals surface area (Å²) < 4.78 is 9.75. The van der Waals surface area contributed by atoms with Gasteiger partial charge in [0.25, 0.3) is 5.91 Å². The van der Waals surface area contributed by atoms with Gasteiger partial charge in [-0.05, 0) is 55.9 Å². The number of hydrogen-bond acceptors (Lipinski definition) is 7. The highest BCUT2D eigenvalue weighted by Crippen LogP contribution is 2.32. The van der Waals surface area contributed by atoms with Crippen molar-refractivity contribution in [3.8, 4) is 0 Å². The van der Waals surface area contributed by atoms with E-state index in [0.29, 0.717) is 16.1 Å². The highest BCUT2D eigenvalue weighted by atomic mass is 32.1. The maximum absolute atomic E-state index is 12.4. The fourth-order valence-corrected chi connectivity index (χ4v) is 4.61. The van der Waals surface area contributed by atoms with Crippen LogP contribution >= 0.6 is 11.3 Å². The van der Waals surface area contributed by atoms with Crippen LogP contribution in [0.4, 0.5) is 5.00 Å². The van der Waals surface area contributed by atoms with Crippen molar-refractivity contribution in [2.24, 2.45) is 0 Å². The number of aryl methyl sites for hydroxylation is 3. The second-order valence-electron chi connectivity index (χ2n) is 7.45. The summed E-state index contributed by atoms with van der Waals surface area (Å²) in [4.78, 5) is 49.3. The Balaban J connectivity index is 1.48. The monoisotopic (exact) mass is 443 g/mol. The third kappa shape index (κ3) is 5.38. The average Bonchev–Trinajstić information content (AvgIpc) is 3.33. The molecule has 1 N–H and O–H groups in total. The smallest absolute Gasteiger partial charge is 0.341 e. The van der Waals surface area contributed by atoms with E-state index in [4.69, 9.17) is 9.47 Å². The van der Waals surface area contributed by atoms with Crippen LogP contribution in [0, 0.1) is 13.8 Å². The molecule has 1 heterocycles. The lowest BCUT2D eigenvalue weighted by molar-refractivity contribution is -0.147. The van der Waals surface area contributed by atoms with Gasteiger partial charge in [-0.3, -0.25) is 14.4 Å². The van der Waals surface area contributed by atoms with E-state index in [1.54, 1.807) is 13.0 Å². The Hall–Kier alpha value is -3.00. The van der Waals surface area contributed by atoms with Crippen molar-refractivity contribution in [2.75, 3.05) is 19.0 Å². The normalized spacial score (nSPS) is 12.2. The third-order valence-electron chi connectivity index (χ3n) is 5.37. The summed E-state index contributed by atoms with van der Waals surface area (Å²) in [5.74, 6) is -1.86. The molecule has 1 aromatic heterocycles. The van der Waals surface area contributed by atoms with Crippen LogP contribution in [0.1, 0.15) is 61.5 Å². The van der Waals surface area contributed by atoms with Crippen molar-refractivity contribution in [3.05, 3.63) is 50.9 Å². The number of ketones is 1. The molecule has 8 heteroatoms. The number of Topliss-reactive ketones (excluding diaryl/α,β-unsaturated/α-hetero) is 1. The lowest BCUT2D eigenvalue weighted by Crippen LogP contribution is -2.22. The van der Waals surface area contributed by atoms with Crippen LogP contribution in [-0.2, 0) is 31.9 Å². The summed E-state index contributed by atoms with van der Waals surface area (Å²) >= 11 is 1.25. The van der Waals surface area contributed by atoms with Crippen molar-refractivity contribution in [3.63, 3.8) is 0 Å². The van der Waals surface area contributed by atoms with Gasteiger partial charge in [0.1, 0.15) is 5.00 Å². The van der Waals surface area contributed by atoms with Crippen LogP contribution in [0.2, 0.25) is 0 Å². The zero-order chi connectivity index (χ0) is 22.5. The van der Waals surface area contributed by atoms with E-state index in [1.165, 1.54) is 29.6 Å². The summed E-state index contributed by atoms with van der Waals surface area (Å²) in [7, 11) is 1.27. The number of rotatable bonds is 8. The van der Waals surface area contributed by atoms with Crippen molar-refractivity contribution in [2.45, 2.75) is 46.0 Å². The lowest BCUT2D eigenvalue weighted by atomic mass is 10.0. The molecule has 0 unspecified atom stereocenters. The first-order chi connectivity index (χ1) is 14.8. The largest absolute Gasteiger partial charge is 0.465 e. The maximum atomic E-state index is 12.4. The number of methoxy groups -OCH3 is 1. The molecule has 31 heavy (non-hydrogen) atoms. The quantitative estimate of drug-likeness (QED) is 0.492. The minimum Gasteiger partial charge on any atom is -0.465 e. The Morgan fingerprint density at radius 3 is 2.55 bits per heavy atom. The fourth-order valence-electron chi connectivity index (χ4n) is 3.55. The minimum absolute atomic E-state index is 0.0229. The van der Waals surface area contributed by atoms with Gasteiger partial charge < -0.3 is 14.8 Å². The van der Waals surface area contributed by atoms with E-state index >= 15 is 0 Å². The number of fused-ring (bicyclic) bond motifs is 1. The Labute approximate surface area is 184 Å². The molecule has 0 spiro atoms. The number of hydrogen-bond donors (Lipinski definition) is 1. The van der Waals surface area contributed by atoms with Gasteiger partial charge in [-0.1, -0.05) is 12.1 Å². The van der Waals surface area contributed by atoms with Crippen molar-refractivity contribution in [1.29, 1.82) is 0 Å². The molecule has 1 amide bonds. The van der Waals surface area contributed by atoms with E-state index in [-0.39, 0.29) is 18.6 Å². The highest BCUT2D eigenvalue weighted by Gasteiger charge is 2.22. The minimum atomic E-state index is -0.628. The zero-order valence-corrected chi connectivity index (χ0v) is 18.6. The molecule has 0 bridgehead atoms. The molecule has 0 saturated heterocycles. The Kier molecular flexibility index (Phi) is 7.22. The van der Waals surface area contributed by atoms with Crippen LogP contribution in [0.15, 0.2) is 18.2 Å². The highest BCUT2D eigenvalue weighted by molar-refractivity contribution is 7.16. The summed E-state index contributed by atoms with van der Waals surface area (Å²) in [5, 5.41) is 2.95. The van der Waals surface area contributed by atoms with Gasteiger partial charge >= 0.3 is 11.9 Å². The predicted octanol–water partition coefficient (Wildman–Crippen LogP) is 3.79. The van der Waals surface area contributed by atoms with Crippen LogP contribution in [-0.4, -0.2) is 37.3 Å². The molecule has 0 saturated carbocycles. The molecule has 1 aromatic carbocycles. The molecular formula is C23H25NO6S. The van der Waals surface area contributed by atoms with E-state index in [9.17, 15) is 19.2 Å². The van der Waals surface area contributed by atoms with Crippen LogP contribution < -0.4 is 5.32 Å². The van der Waals surface area contributed by atoms with Crippen LogP contribution in [0.3, 0.4) is 0 Å². The van der Waals surface area contributed by atoms with Crippen LogP contribution in [0.25, 0.3) is 0 Å². The number of carbonyl (C=O) groups excluding carboxylic acids is 4. The van der Waals surface area contributed by atoms with Gasteiger partial charge in [0, 0.05) is 16.9 Å². The summed E-state index contributed by atoms with van der Waals surface area (Å²) in [6.45, 7) is 3.11. The van der Waals surface area contributed by atoms with Gasteiger partial charge in [-0.15, -0.1) is 11.3 Å². The Bertz CT molecular complexity index is 1040. The van der Waals surface area contributed by atoms with Crippen molar-refractivity contribution < 1.29 is 28.7 Å². The van der Waals surface area contributed by atoms with E-state index in [0.717, 1.165) is 29.7 Å². The van der Waals surface area contributed by atoms with Gasteiger partial charge in [0.05, 0.1) is 19.1 Å². The Morgan fingerprint density at radius 2 is 1.81 bits per heavy atom. The number of nitrogens with one attached hydrogen (secondary N) is 1. The molecule has 1 aliphatic rings. The second-order valence-corrected chi connectivity index (χ2v) is 8.67. The van der Waals surface area contributed by atoms with Gasteiger partial charge in [-0.25, -0.2) is 4.79 Å². The topological polar surface area (TPSA) is 98.8 Å². The standard InChI is InChI=1S/C23H25NO6S/c1-13-14(2)31-22(21(13)23(28)29-3)24-19(26)12-30-20(27)10-9-18(25)17-8-7-15-5-4-6-16(15)11-17/h7-8,11H,4-6,9-10,12H2,1-3H3,(H,24,26). The van der Waals surface area contributed by atoms with Gasteiger partial charge in [0.2, 0.25) is 0 Å². The molecule has 7 nitrogen and oxygen atoms in total. The number of thiophene rings is 1. The lowest BCUT2D eigenvalue weighted by Gasteiger charge is -2.08. The SMILES string of the molecule is COC(=O)c1c(NC(=O)COC(=O)CCC(=O)c2ccc3c(c2)CCC3)sc(C)c1C. The first kappa shape index (κ1) is 22.7. The second kappa shape index (κ2) is 9.87. The molecule has 2 aromatic rings. The number of anilines is 1. The van der Waals surface area contributed by atoms with E-state index < -0.39 is 24.5 Å². The van der Waals surface area contributed by atoms with E-state index in [2.05, 4.69) is 5.32 Å². The van der Waals surface area contributed by atoms with Crippen LogP contribution in [0.5, 0.6) is 0 Å². The third-order valence-corrected chi connectivity index (χ3v) is 6.49. The molecule has 0 fully saturated rings. The molecule has 164 valence electrons. The molecular weight excluding hydrogens is 418 g/mol. The zero-order valence-electron chi connectivity index (χ0n) is 17.8. The van der Waals surface area contributed by atoms with Crippen molar-refractivity contribution >= 4 is 40.0 Å². The van der Waals surface area contributed by atoms with E-state index in [1.807, 2.05) is 19.1 Å². The molecule has 0 aliphatic heterocycles. The number of carbonyl (C=O) groups is 4. The summed E-state index contributed by atoms with van der Waals surface area (Å²) in [5.41, 5.74) is 4.12. The maximum Gasteiger partial charge on any atom is 0.341 e. The molecule has 3 rings (SSSR count). The number of benzene rings is 1. The average molecular weight is 444 g/mol. The predicted molar refractivity (Wildman–Crippen MR) is 117 cm³/mol. The number of esters is 2.